The third kappa shape index (κ3) is 5.43. The standard InChI is InChI=1S/C51H43NS/c1-6-35(30-36-20-12-11-16-33(36)3)37-24-29-47-43(31-37)39(7-2)46(22-15-19-34-17-9-8-10-18-34)52(47)38-25-26-42-45(32-38)51(4,5)44-28-27-41-40-21-13-14-23-48(40)53-50(41)49(42)44/h6-12,14-18,20,22-32H,1-2,13,19,21H2,3-5H3/b22-15-,35-30+. The molecular weight excluding hydrogens is 659 g/mol. The summed E-state index contributed by atoms with van der Waals surface area (Å²) in [6.07, 6.45) is 18.6. The van der Waals surface area contributed by atoms with Crippen molar-refractivity contribution in [3.63, 3.8) is 0 Å². The minimum atomic E-state index is -0.130. The van der Waals surface area contributed by atoms with Gasteiger partial charge in [0.25, 0.3) is 0 Å². The molecule has 0 radical (unpaired) electrons. The van der Waals surface area contributed by atoms with Crippen LogP contribution in [0.2, 0.25) is 0 Å². The number of fused-ring (bicyclic) bond motifs is 8. The highest BCUT2D eigenvalue weighted by Crippen LogP contribution is 2.54. The Bertz CT molecular complexity index is 2700. The number of aromatic nitrogens is 1. The maximum Gasteiger partial charge on any atom is 0.0541 e. The second-order valence-electron chi connectivity index (χ2n) is 14.9. The summed E-state index contributed by atoms with van der Waals surface area (Å²) < 4.78 is 3.88. The molecule has 0 unspecified atom stereocenters. The van der Waals surface area contributed by atoms with Gasteiger partial charge in [0, 0.05) is 37.2 Å². The van der Waals surface area contributed by atoms with Crippen LogP contribution in [0.1, 0.15) is 75.3 Å². The number of rotatable bonds is 8. The highest BCUT2D eigenvalue weighted by Gasteiger charge is 2.38. The van der Waals surface area contributed by atoms with Crippen molar-refractivity contribution >= 4 is 62.2 Å². The molecular formula is C51H43NS. The van der Waals surface area contributed by atoms with Gasteiger partial charge in [-0.1, -0.05) is 130 Å². The van der Waals surface area contributed by atoms with E-state index < -0.39 is 0 Å². The van der Waals surface area contributed by atoms with E-state index in [1.165, 1.54) is 70.5 Å². The minimum Gasteiger partial charge on any atom is -0.309 e. The van der Waals surface area contributed by atoms with Crippen molar-refractivity contribution in [2.75, 3.05) is 0 Å². The molecule has 0 fully saturated rings. The van der Waals surface area contributed by atoms with Crippen molar-refractivity contribution in [3.05, 3.63) is 190 Å². The van der Waals surface area contributed by atoms with Gasteiger partial charge in [0.05, 0.1) is 11.2 Å². The molecule has 53 heavy (non-hydrogen) atoms. The molecule has 0 atom stereocenters. The predicted octanol–water partition coefficient (Wildman–Crippen LogP) is 14.0. The molecule has 0 saturated carbocycles. The van der Waals surface area contributed by atoms with Crippen LogP contribution >= 0.6 is 11.3 Å². The summed E-state index contributed by atoms with van der Waals surface area (Å²) in [5.74, 6) is 0. The topological polar surface area (TPSA) is 4.93 Å². The smallest absolute Gasteiger partial charge is 0.0541 e. The van der Waals surface area contributed by atoms with E-state index >= 15 is 0 Å². The van der Waals surface area contributed by atoms with Crippen LogP contribution in [-0.2, 0) is 18.3 Å². The van der Waals surface area contributed by atoms with E-state index in [2.05, 4.69) is 172 Å². The van der Waals surface area contributed by atoms with Crippen molar-refractivity contribution in [2.45, 2.75) is 45.4 Å². The van der Waals surface area contributed by atoms with Gasteiger partial charge in [-0.25, -0.2) is 0 Å². The molecule has 2 heterocycles. The van der Waals surface area contributed by atoms with Gasteiger partial charge in [-0.05, 0) is 124 Å². The summed E-state index contributed by atoms with van der Waals surface area (Å²) >= 11 is 1.97. The third-order valence-corrected chi connectivity index (χ3v) is 12.7. The molecule has 0 saturated heterocycles. The van der Waals surface area contributed by atoms with Gasteiger partial charge in [-0.3, -0.25) is 0 Å². The van der Waals surface area contributed by atoms with Crippen LogP contribution < -0.4 is 0 Å². The lowest BCUT2D eigenvalue weighted by molar-refractivity contribution is 0.660. The van der Waals surface area contributed by atoms with Crippen molar-refractivity contribution in [2.24, 2.45) is 0 Å². The molecule has 0 bridgehead atoms. The van der Waals surface area contributed by atoms with Gasteiger partial charge in [0.2, 0.25) is 0 Å². The predicted molar refractivity (Wildman–Crippen MR) is 232 cm³/mol. The van der Waals surface area contributed by atoms with Gasteiger partial charge in [0.15, 0.2) is 0 Å². The quantitative estimate of drug-likeness (QED) is 0.110. The Kier molecular flexibility index (Phi) is 8.17. The number of hydrogen-bond acceptors (Lipinski definition) is 1. The average molecular weight is 702 g/mol. The Labute approximate surface area is 317 Å². The number of allylic oxidation sites excluding steroid dienone is 4. The monoisotopic (exact) mass is 701 g/mol. The molecule has 0 N–H and O–H groups in total. The van der Waals surface area contributed by atoms with Crippen LogP contribution in [0.15, 0.2) is 135 Å². The summed E-state index contributed by atoms with van der Waals surface area (Å²) in [6.45, 7) is 15.5. The van der Waals surface area contributed by atoms with E-state index in [-0.39, 0.29) is 5.41 Å². The highest BCUT2D eigenvalue weighted by atomic mass is 32.1. The molecule has 5 aromatic carbocycles. The summed E-state index contributed by atoms with van der Waals surface area (Å²) in [4.78, 5) is 1.43. The molecule has 0 aliphatic heterocycles. The van der Waals surface area contributed by atoms with Crippen LogP contribution in [0.25, 0.3) is 67.7 Å². The number of nitrogens with zero attached hydrogens (tertiary/aromatic N) is 1. The Morgan fingerprint density at radius 1 is 0.868 bits per heavy atom. The van der Waals surface area contributed by atoms with Gasteiger partial charge in [-0.2, -0.15) is 0 Å². The summed E-state index contributed by atoms with van der Waals surface area (Å²) in [5, 5.41) is 2.61. The average Bonchev–Trinajstić information content (AvgIpc) is 3.79. The lowest BCUT2D eigenvalue weighted by atomic mass is 9.82. The normalized spacial score (nSPS) is 14.5. The number of hydrogen-bond donors (Lipinski definition) is 0. The zero-order chi connectivity index (χ0) is 36.3. The maximum absolute atomic E-state index is 4.37. The van der Waals surface area contributed by atoms with Crippen molar-refractivity contribution < 1.29 is 0 Å². The summed E-state index contributed by atoms with van der Waals surface area (Å²) in [5.41, 5.74) is 17.6. The molecule has 0 amide bonds. The Hall–Kier alpha value is -5.70. The third-order valence-electron chi connectivity index (χ3n) is 11.5. The first kappa shape index (κ1) is 33.2. The van der Waals surface area contributed by atoms with Gasteiger partial charge >= 0.3 is 0 Å². The fraction of sp³-hybridized carbons (Fsp3) is 0.137. The lowest BCUT2D eigenvalue weighted by Crippen LogP contribution is -2.15. The molecule has 7 aromatic rings. The van der Waals surface area contributed by atoms with E-state index in [0.717, 1.165) is 47.2 Å². The molecule has 2 aliphatic rings. The van der Waals surface area contributed by atoms with Crippen LogP contribution in [0.4, 0.5) is 0 Å². The second kappa shape index (κ2) is 13.1. The molecule has 2 aromatic heterocycles. The highest BCUT2D eigenvalue weighted by molar-refractivity contribution is 7.20. The first-order valence-electron chi connectivity index (χ1n) is 18.7. The van der Waals surface area contributed by atoms with Gasteiger partial charge in [-0.15, -0.1) is 11.3 Å². The fourth-order valence-corrected chi connectivity index (χ4v) is 9.99. The van der Waals surface area contributed by atoms with Crippen molar-refractivity contribution in [1.29, 1.82) is 0 Å². The fourth-order valence-electron chi connectivity index (χ4n) is 8.65. The number of thiophene rings is 1. The Morgan fingerprint density at radius 2 is 1.70 bits per heavy atom. The lowest BCUT2D eigenvalue weighted by Gasteiger charge is -2.22. The van der Waals surface area contributed by atoms with E-state index in [0.29, 0.717) is 0 Å². The van der Waals surface area contributed by atoms with Crippen LogP contribution in [0.5, 0.6) is 0 Å². The Morgan fingerprint density at radius 3 is 2.51 bits per heavy atom. The van der Waals surface area contributed by atoms with E-state index in [4.69, 9.17) is 0 Å². The summed E-state index contributed by atoms with van der Waals surface area (Å²) in [7, 11) is 0. The maximum atomic E-state index is 4.37. The zero-order valence-corrected chi connectivity index (χ0v) is 31.6. The van der Waals surface area contributed by atoms with E-state index in [9.17, 15) is 0 Å². The molecule has 9 rings (SSSR count). The molecule has 1 nitrogen and oxygen atoms in total. The first-order valence-corrected chi connectivity index (χ1v) is 19.5. The molecule has 2 aliphatic carbocycles. The zero-order valence-electron chi connectivity index (χ0n) is 30.7. The van der Waals surface area contributed by atoms with Crippen LogP contribution in [-0.4, -0.2) is 4.57 Å². The molecule has 0 spiro atoms. The van der Waals surface area contributed by atoms with Gasteiger partial charge < -0.3 is 4.57 Å². The molecule has 258 valence electrons. The number of benzene rings is 5. The van der Waals surface area contributed by atoms with E-state index in [1.54, 1.807) is 0 Å². The summed E-state index contributed by atoms with van der Waals surface area (Å²) in [6, 6.07) is 38.0. The second-order valence-corrected chi connectivity index (χ2v) is 16.0. The largest absolute Gasteiger partial charge is 0.309 e. The van der Waals surface area contributed by atoms with Crippen LogP contribution in [0, 0.1) is 6.92 Å². The van der Waals surface area contributed by atoms with Gasteiger partial charge in [0.1, 0.15) is 0 Å². The van der Waals surface area contributed by atoms with Crippen LogP contribution in [0.3, 0.4) is 0 Å². The van der Waals surface area contributed by atoms with E-state index in [1.807, 2.05) is 23.5 Å². The molecule has 2 heteroatoms. The number of aryl methyl sites for hydroxylation is 2. The minimum absolute atomic E-state index is 0.130. The SMILES string of the molecule is C=C/C(=C\c1ccccc1C)c1ccc2c(c1)c(C=C)c(/C=C\Cc1ccccc1)n2-c1ccc2c(c1)C(C)(C)c1ccc3c4c(sc3c1-2)C=CCC4. The Balaban J connectivity index is 1.23. The van der Waals surface area contributed by atoms with Crippen molar-refractivity contribution in [1.82, 2.24) is 4.57 Å². The van der Waals surface area contributed by atoms with Crippen molar-refractivity contribution in [3.8, 4) is 16.8 Å². The first-order chi connectivity index (χ1) is 25.9.